The molecule has 0 unspecified atom stereocenters. The van der Waals surface area contributed by atoms with Crippen LogP contribution in [0.2, 0.25) is 0 Å². The third-order valence-corrected chi connectivity index (χ3v) is 5.77. The van der Waals surface area contributed by atoms with Crippen molar-refractivity contribution in [2.45, 2.75) is 57.4 Å². The quantitative estimate of drug-likeness (QED) is 0.549. The number of hydrogen-bond acceptors (Lipinski definition) is 4. The van der Waals surface area contributed by atoms with Crippen molar-refractivity contribution in [3.05, 3.63) is 52.0 Å². The van der Waals surface area contributed by atoms with Crippen LogP contribution in [0.3, 0.4) is 0 Å². The molecule has 140 valence electrons. The largest absolute Gasteiger partial charge is 0.354 e. The van der Waals surface area contributed by atoms with Gasteiger partial charge < -0.3 is 10.6 Å². The van der Waals surface area contributed by atoms with E-state index in [9.17, 15) is 4.79 Å². The van der Waals surface area contributed by atoms with Gasteiger partial charge in [-0.1, -0.05) is 56.0 Å². The van der Waals surface area contributed by atoms with Crippen LogP contribution < -0.4 is 10.6 Å². The number of benzene rings is 1. The van der Waals surface area contributed by atoms with Gasteiger partial charge in [-0.3, -0.25) is 4.79 Å². The van der Waals surface area contributed by atoms with Crippen molar-refractivity contribution >= 4 is 17.2 Å². The lowest BCUT2D eigenvalue weighted by Crippen LogP contribution is -2.37. The summed E-state index contributed by atoms with van der Waals surface area (Å²) in [6.45, 7) is 1.54. The topological polar surface area (TPSA) is 54.0 Å². The lowest BCUT2D eigenvalue weighted by atomic mass is 10.1. The fourth-order valence-corrected chi connectivity index (χ4v) is 4.30. The second kappa shape index (κ2) is 10.4. The maximum absolute atomic E-state index is 12.1. The number of hydrogen-bond donors (Lipinski definition) is 2. The number of nitrogens with one attached hydrogen (secondary N) is 2. The normalized spacial score (nSPS) is 15.5. The molecule has 0 spiro atoms. The number of rotatable bonds is 8. The molecule has 1 heterocycles. The summed E-state index contributed by atoms with van der Waals surface area (Å²) in [6.07, 6.45) is 9.16. The minimum Gasteiger partial charge on any atom is -0.354 e. The third-order valence-electron chi connectivity index (χ3n) is 4.87. The van der Waals surface area contributed by atoms with Gasteiger partial charge in [0.2, 0.25) is 5.91 Å². The molecule has 1 aromatic carbocycles. The van der Waals surface area contributed by atoms with Gasteiger partial charge in [0.05, 0.1) is 17.1 Å². The van der Waals surface area contributed by atoms with Crippen molar-refractivity contribution < 1.29 is 4.79 Å². The van der Waals surface area contributed by atoms with Crippen LogP contribution in [0.1, 0.15) is 54.8 Å². The predicted molar refractivity (Wildman–Crippen MR) is 108 cm³/mol. The Hall–Kier alpha value is -1.72. The first-order valence-corrected chi connectivity index (χ1v) is 10.6. The molecule has 2 aromatic rings. The lowest BCUT2D eigenvalue weighted by Gasteiger charge is -2.16. The Morgan fingerprint density at radius 2 is 1.85 bits per heavy atom. The Balaban J connectivity index is 1.34. The zero-order valence-corrected chi connectivity index (χ0v) is 16.2. The Morgan fingerprint density at radius 1 is 1.08 bits per heavy atom. The van der Waals surface area contributed by atoms with Crippen LogP contribution >= 0.6 is 11.3 Å². The average Bonchev–Trinajstić information content (AvgIpc) is 2.92. The van der Waals surface area contributed by atoms with Gasteiger partial charge in [-0.25, -0.2) is 4.98 Å². The molecular formula is C21H29N3OS. The Kier molecular flexibility index (Phi) is 7.65. The molecule has 0 atom stereocenters. The van der Waals surface area contributed by atoms with Crippen molar-refractivity contribution in [2.75, 3.05) is 13.1 Å². The Bertz CT molecular complexity index is 663. The van der Waals surface area contributed by atoms with E-state index < -0.39 is 0 Å². The van der Waals surface area contributed by atoms with Gasteiger partial charge in [0.15, 0.2) is 0 Å². The highest BCUT2D eigenvalue weighted by Gasteiger charge is 2.11. The van der Waals surface area contributed by atoms with Gasteiger partial charge in [-0.05, 0) is 18.4 Å². The molecule has 3 rings (SSSR count). The molecule has 1 saturated carbocycles. The number of amides is 1. The van der Waals surface area contributed by atoms with Crippen molar-refractivity contribution in [3.8, 4) is 0 Å². The van der Waals surface area contributed by atoms with E-state index in [4.69, 9.17) is 0 Å². The van der Waals surface area contributed by atoms with Gasteiger partial charge in [0.1, 0.15) is 0 Å². The molecule has 1 aromatic heterocycles. The summed E-state index contributed by atoms with van der Waals surface area (Å²) in [5.74, 6) is 0.0595. The van der Waals surface area contributed by atoms with Crippen LogP contribution in [0.4, 0.5) is 0 Å². The predicted octanol–water partition coefficient (Wildman–Crippen LogP) is 3.71. The maximum atomic E-state index is 12.1. The molecule has 4 nitrogen and oxygen atoms in total. The second-order valence-corrected chi connectivity index (χ2v) is 8.01. The van der Waals surface area contributed by atoms with Gasteiger partial charge in [-0.2, -0.15) is 0 Å². The molecule has 1 aliphatic carbocycles. The Labute approximate surface area is 160 Å². The molecule has 0 radical (unpaired) electrons. The smallest absolute Gasteiger partial charge is 0.226 e. The molecule has 0 bridgehead atoms. The van der Waals surface area contributed by atoms with E-state index in [1.54, 1.807) is 11.3 Å². The Morgan fingerprint density at radius 3 is 2.62 bits per heavy atom. The summed E-state index contributed by atoms with van der Waals surface area (Å²) in [5, 5.41) is 9.66. The summed E-state index contributed by atoms with van der Waals surface area (Å²) in [4.78, 5) is 16.7. The van der Waals surface area contributed by atoms with Crippen LogP contribution in [0, 0.1) is 0 Å². The first-order chi connectivity index (χ1) is 12.8. The minimum atomic E-state index is 0.0595. The SMILES string of the molecule is O=C(Cc1csc(Cc2ccccc2)n1)NCCNC1CCCCCC1. The monoisotopic (exact) mass is 371 g/mol. The molecule has 0 aliphatic heterocycles. The van der Waals surface area contributed by atoms with Gasteiger partial charge in [0.25, 0.3) is 0 Å². The van der Waals surface area contributed by atoms with E-state index in [1.165, 1.54) is 44.1 Å². The van der Waals surface area contributed by atoms with Gasteiger partial charge >= 0.3 is 0 Å². The number of thiazole rings is 1. The molecule has 1 fully saturated rings. The summed E-state index contributed by atoms with van der Waals surface area (Å²) < 4.78 is 0. The zero-order chi connectivity index (χ0) is 18.0. The van der Waals surface area contributed by atoms with Crippen molar-refractivity contribution in [3.63, 3.8) is 0 Å². The van der Waals surface area contributed by atoms with Crippen LogP contribution in [0.25, 0.3) is 0 Å². The van der Waals surface area contributed by atoms with Crippen LogP contribution in [-0.2, 0) is 17.6 Å². The highest BCUT2D eigenvalue weighted by molar-refractivity contribution is 7.09. The highest BCUT2D eigenvalue weighted by Crippen LogP contribution is 2.17. The maximum Gasteiger partial charge on any atom is 0.226 e. The van der Waals surface area contributed by atoms with Crippen molar-refractivity contribution in [1.82, 2.24) is 15.6 Å². The lowest BCUT2D eigenvalue weighted by molar-refractivity contribution is -0.120. The first kappa shape index (κ1) is 19.1. The van der Waals surface area contributed by atoms with Gasteiger partial charge in [0, 0.05) is 30.9 Å². The van der Waals surface area contributed by atoms with E-state index in [2.05, 4.69) is 27.8 Å². The van der Waals surface area contributed by atoms with Crippen LogP contribution in [0.15, 0.2) is 35.7 Å². The zero-order valence-electron chi connectivity index (χ0n) is 15.4. The van der Waals surface area contributed by atoms with E-state index >= 15 is 0 Å². The fraction of sp³-hybridized carbons (Fsp3) is 0.524. The molecule has 0 saturated heterocycles. The summed E-state index contributed by atoms with van der Waals surface area (Å²) >= 11 is 1.63. The highest BCUT2D eigenvalue weighted by atomic mass is 32.1. The summed E-state index contributed by atoms with van der Waals surface area (Å²) in [7, 11) is 0. The van der Waals surface area contributed by atoms with Crippen LogP contribution in [-0.4, -0.2) is 30.0 Å². The third kappa shape index (κ3) is 6.54. The molecule has 1 aliphatic rings. The van der Waals surface area contributed by atoms with E-state index in [1.807, 2.05) is 23.6 Å². The number of carbonyl (C=O) groups excluding carboxylic acids is 1. The van der Waals surface area contributed by atoms with E-state index in [-0.39, 0.29) is 5.91 Å². The summed E-state index contributed by atoms with van der Waals surface area (Å²) in [6, 6.07) is 10.9. The van der Waals surface area contributed by atoms with Gasteiger partial charge in [-0.15, -0.1) is 11.3 Å². The molecule has 2 N–H and O–H groups in total. The van der Waals surface area contributed by atoms with E-state index in [0.717, 1.165) is 23.7 Å². The number of aromatic nitrogens is 1. The number of carbonyl (C=O) groups is 1. The van der Waals surface area contributed by atoms with Crippen molar-refractivity contribution in [2.24, 2.45) is 0 Å². The number of nitrogens with zero attached hydrogens (tertiary/aromatic N) is 1. The van der Waals surface area contributed by atoms with Crippen molar-refractivity contribution in [1.29, 1.82) is 0 Å². The molecule has 5 heteroatoms. The first-order valence-electron chi connectivity index (χ1n) is 9.77. The second-order valence-electron chi connectivity index (χ2n) is 7.06. The summed E-state index contributed by atoms with van der Waals surface area (Å²) in [5.41, 5.74) is 2.12. The molecule has 1 amide bonds. The standard InChI is InChI=1S/C21H29N3OS/c25-20(23-13-12-22-18-10-6-1-2-7-11-18)15-19-16-26-21(24-19)14-17-8-4-3-5-9-17/h3-5,8-9,16,18,22H,1-2,6-7,10-15H2,(H,23,25). The van der Waals surface area contributed by atoms with Crippen LogP contribution in [0.5, 0.6) is 0 Å². The average molecular weight is 372 g/mol. The molecular weight excluding hydrogens is 342 g/mol. The minimum absolute atomic E-state index is 0.0595. The fourth-order valence-electron chi connectivity index (χ4n) is 3.47. The van der Waals surface area contributed by atoms with E-state index in [0.29, 0.717) is 19.0 Å². The molecule has 26 heavy (non-hydrogen) atoms.